The molecule has 2 aromatic carbocycles. The lowest BCUT2D eigenvalue weighted by molar-refractivity contribution is -0.142. The molecule has 6 nitrogen and oxygen atoms in total. The number of hydrogen-bond donors (Lipinski definition) is 2. The molecular weight excluding hydrogens is 332 g/mol. The minimum absolute atomic E-state index is 0.209. The van der Waals surface area contributed by atoms with Crippen LogP contribution in [0.4, 0.5) is 0 Å². The van der Waals surface area contributed by atoms with E-state index in [0.717, 1.165) is 11.1 Å². The Morgan fingerprint density at radius 2 is 1.77 bits per heavy atom. The van der Waals surface area contributed by atoms with Gasteiger partial charge in [-0.25, -0.2) is 0 Å². The van der Waals surface area contributed by atoms with Gasteiger partial charge in [0.05, 0.1) is 0 Å². The lowest BCUT2D eigenvalue weighted by atomic mass is 10.0. The zero-order valence-corrected chi connectivity index (χ0v) is 14.4. The number of carboxylic acids is 1. The fourth-order valence-electron chi connectivity index (χ4n) is 3.08. The number of fused-ring (bicyclic) bond motifs is 1. The van der Waals surface area contributed by atoms with E-state index in [4.69, 9.17) is 5.11 Å². The Morgan fingerprint density at radius 1 is 1.12 bits per heavy atom. The van der Waals surface area contributed by atoms with Gasteiger partial charge in [-0.05, 0) is 24.1 Å². The number of amides is 2. The first-order chi connectivity index (χ1) is 12.5. The van der Waals surface area contributed by atoms with Crippen LogP contribution in [-0.4, -0.2) is 39.9 Å². The van der Waals surface area contributed by atoms with Gasteiger partial charge in [0, 0.05) is 18.5 Å². The third-order valence-corrected chi connectivity index (χ3v) is 4.53. The molecule has 0 saturated carbocycles. The summed E-state index contributed by atoms with van der Waals surface area (Å²) in [5, 5.41) is 11.6. The molecular formula is C20H20N2O4. The highest BCUT2D eigenvalue weighted by Crippen LogP contribution is 2.26. The average molecular weight is 352 g/mol. The van der Waals surface area contributed by atoms with Gasteiger partial charge in [0.2, 0.25) is 5.91 Å². The van der Waals surface area contributed by atoms with Crippen LogP contribution in [0.5, 0.6) is 0 Å². The minimum atomic E-state index is -1.12. The first kappa shape index (κ1) is 17.7. The SMILES string of the molecule is CC(NC(=O)C(Cc1ccccc1)N1Cc2ccccc2C1=O)C(=O)O. The number of aliphatic carboxylic acids is 1. The summed E-state index contributed by atoms with van der Waals surface area (Å²) in [6.45, 7) is 1.74. The van der Waals surface area contributed by atoms with Gasteiger partial charge in [-0.2, -0.15) is 0 Å². The average Bonchev–Trinajstić information content (AvgIpc) is 2.97. The van der Waals surface area contributed by atoms with Crippen LogP contribution in [0.15, 0.2) is 54.6 Å². The van der Waals surface area contributed by atoms with Crippen LogP contribution in [0.25, 0.3) is 0 Å². The molecule has 0 fully saturated rings. The molecule has 26 heavy (non-hydrogen) atoms. The molecule has 0 aliphatic carbocycles. The van der Waals surface area contributed by atoms with Gasteiger partial charge in [-0.3, -0.25) is 14.4 Å². The van der Waals surface area contributed by atoms with E-state index in [1.165, 1.54) is 11.8 Å². The van der Waals surface area contributed by atoms with Crippen LogP contribution in [0.3, 0.4) is 0 Å². The Labute approximate surface area is 151 Å². The standard InChI is InChI=1S/C20H20N2O4/c1-13(20(25)26)21-18(23)17(11-14-7-3-2-4-8-14)22-12-15-9-5-6-10-16(15)19(22)24/h2-10,13,17H,11-12H2,1H3,(H,21,23)(H,25,26). The molecule has 1 heterocycles. The molecule has 2 amide bonds. The van der Waals surface area contributed by atoms with Gasteiger partial charge in [0.1, 0.15) is 12.1 Å². The summed E-state index contributed by atoms with van der Waals surface area (Å²) in [6, 6.07) is 14.8. The predicted molar refractivity (Wildman–Crippen MR) is 95.5 cm³/mol. The lowest BCUT2D eigenvalue weighted by Gasteiger charge is -2.28. The summed E-state index contributed by atoms with van der Waals surface area (Å²) in [6.07, 6.45) is 0.318. The van der Waals surface area contributed by atoms with Crippen molar-refractivity contribution in [1.29, 1.82) is 0 Å². The number of carbonyl (C=O) groups is 3. The number of nitrogens with one attached hydrogen (secondary N) is 1. The number of benzene rings is 2. The second-order valence-corrected chi connectivity index (χ2v) is 6.36. The van der Waals surface area contributed by atoms with Crippen LogP contribution < -0.4 is 5.32 Å². The predicted octanol–water partition coefficient (Wildman–Crippen LogP) is 1.84. The van der Waals surface area contributed by atoms with Crippen molar-refractivity contribution in [2.75, 3.05) is 0 Å². The topological polar surface area (TPSA) is 86.7 Å². The highest BCUT2D eigenvalue weighted by atomic mass is 16.4. The molecule has 1 aliphatic rings. The molecule has 0 aromatic heterocycles. The molecule has 2 aromatic rings. The molecule has 0 saturated heterocycles. The highest BCUT2D eigenvalue weighted by molar-refractivity contribution is 6.01. The second-order valence-electron chi connectivity index (χ2n) is 6.36. The Hall–Kier alpha value is -3.15. The summed E-state index contributed by atoms with van der Waals surface area (Å²) < 4.78 is 0. The monoisotopic (exact) mass is 352 g/mol. The maximum Gasteiger partial charge on any atom is 0.325 e. The maximum atomic E-state index is 12.8. The van der Waals surface area contributed by atoms with Gasteiger partial charge >= 0.3 is 5.97 Å². The van der Waals surface area contributed by atoms with E-state index in [9.17, 15) is 14.4 Å². The van der Waals surface area contributed by atoms with E-state index in [2.05, 4.69) is 5.32 Å². The van der Waals surface area contributed by atoms with Crippen molar-refractivity contribution in [3.8, 4) is 0 Å². The number of hydrogen-bond acceptors (Lipinski definition) is 3. The van der Waals surface area contributed by atoms with E-state index in [-0.39, 0.29) is 5.91 Å². The van der Waals surface area contributed by atoms with Crippen molar-refractivity contribution in [3.63, 3.8) is 0 Å². The largest absolute Gasteiger partial charge is 0.480 e. The Bertz CT molecular complexity index is 835. The van der Waals surface area contributed by atoms with Gasteiger partial charge in [-0.1, -0.05) is 48.5 Å². The Morgan fingerprint density at radius 3 is 2.42 bits per heavy atom. The molecule has 3 rings (SSSR count). The molecule has 6 heteroatoms. The first-order valence-corrected chi connectivity index (χ1v) is 8.43. The van der Waals surface area contributed by atoms with Crippen LogP contribution in [0, 0.1) is 0 Å². The minimum Gasteiger partial charge on any atom is -0.480 e. The van der Waals surface area contributed by atoms with Crippen molar-refractivity contribution in [2.24, 2.45) is 0 Å². The van der Waals surface area contributed by atoms with Crippen molar-refractivity contribution < 1.29 is 19.5 Å². The fraction of sp³-hybridized carbons (Fsp3) is 0.250. The van der Waals surface area contributed by atoms with Gasteiger partial charge in [0.25, 0.3) is 5.91 Å². The fourth-order valence-corrected chi connectivity index (χ4v) is 3.08. The molecule has 0 bridgehead atoms. The van der Waals surface area contributed by atoms with Crippen molar-refractivity contribution in [3.05, 3.63) is 71.3 Å². The van der Waals surface area contributed by atoms with Gasteiger partial charge in [0.15, 0.2) is 0 Å². The number of carbonyl (C=O) groups excluding carboxylic acids is 2. The Kier molecular flexibility index (Phi) is 5.02. The first-order valence-electron chi connectivity index (χ1n) is 8.43. The molecule has 0 radical (unpaired) electrons. The molecule has 1 aliphatic heterocycles. The van der Waals surface area contributed by atoms with Crippen LogP contribution in [-0.2, 0) is 22.6 Å². The second kappa shape index (κ2) is 7.39. The van der Waals surface area contributed by atoms with E-state index in [1.807, 2.05) is 42.5 Å². The molecule has 2 N–H and O–H groups in total. The summed E-state index contributed by atoms with van der Waals surface area (Å²) in [5.74, 6) is -1.79. The number of nitrogens with zero attached hydrogens (tertiary/aromatic N) is 1. The molecule has 134 valence electrons. The Balaban J connectivity index is 1.87. The number of rotatable bonds is 6. The van der Waals surface area contributed by atoms with Gasteiger partial charge < -0.3 is 15.3 Å². The van der Waals surface area contributed by atoms with E-state index in [1.54, 1.807) is 12.1 Å². The van der Waals surface area contributed by atoms with Crippen LogP contribution in [0.1, 0.15) is 28.4 Å². The van der Waals surface area contributed by atoms with Gasteiger partial charge in [-0.15, -0.1) is 0 Å². The lowest BCUT2D eigenvalue weighted by Crippen LogP contribution is -2.51. The van der Waals surface area contributed by atoms with Crippen molar-refractivity contribution in [2.45, 2.75) is 32.0 Å². The summed E-state index contributed by atoms with van der Waals surface area (Å²) in [5.41, 5.74) is 2.36. The summed E-state index contributed by atoms with van der Waals surface area (Å²) in [4.78, 5) is 38.2. The zero-order valence-electron chi connectivity index (χ0n) is 14.4. The molecule has 0 spiro atoms. The quantitative estimate of drug-likeness (QED) is 0.831. The zero-order chi connectivity index (χ0) is 18.7. The maximum absolute atomic E-state index is 12.8. The van der Waals surface area contributed by atoms with Crippen molar-refractivity contribution >= 4 is 17.8 Å². The third kappa shape index (κ3) is 3.59. The third-order valence-electron chi connectivity index (χ3n) is 4.53. The van der Waals surface area contributed by atoms with E-state index in [0.29, 0.717) is 18.5 Å². The van der Waals surface area contributed by atoms with E-state index >= 15 is 0 Å². The number of carboxylic acid groups (broad SMARTS) is 1. The summed E-state index contributed by atoms with van der Waals surface area (Å²) in [7, 11) is 0. The van der Waals surface area contributed by atoms with Crippen LogP contribution in [0.2, 0.25) is 0 Å². The smallest absolute Gasteiger partial charge is 0.325 e. The van der Waals surface area contributed by atoms with E-state index < -0.39 is 24.0 Å². The normalized spacial score (nSPS) is 15.3. The summed E-state index contributed by atoms with van der Waals surface area (Å²) >= 11 is 0. The highest BCUT2D eigenvalue weighted by Gasteiger charge is 2.37. The molecule has 2 unspecified atom stereocenters. The molecule has 2 atom stereocenters. The van der Waals surface area contributed by atoms with Crippen LogP contribution >= 0.6 is 0 Å². The van der Waals surface area contributed by atoms with Crippen molar-refractivity contribution in [1.82, 2.24) is 10.2 Å².